The molecule has 0 atom stereocenters. The van der Waals surface area contributed by atoms with Crippen LogP contribution in [0.3, 0.4) is 0 Å². The van der Waals surface area contributed by atoms with Crippen LogP contribution in [0.5, 0.6) is 5.75 Å². The Morgan fingerprint density at radius 1 is 0.826 bits per heavy atom. The number of para-hydroxylation sites is 1. The summed E-state index contributed by atoms with van der Waals surface area (Å²) in [6.07, 6.45) is 0. The molecule has 3 heteroatoms. The number of benzene rings is 3. The molecule has 0 spiro atoms. The predicted molar refractivity (Wildman–Crippen MR) is 97.0 cm³/mol. The Hall–Kier alpha value is -2.65. The number of ether oxygens (including phenoxy) is 1. The van der Waals surface area contributed by atoms with Gasteiger partial charge in [-0.25, -0.2) is 4.98 Å². The largest absolute Gasteiger partial charge is 0.496 e. The smallest absolute Gasteiger partial charge is 0.129 e. The lowest BCUT2D eigenvalue weighted by Crippen LogP contribution is -1.89. The van der Waals surface area contributed by atoms with Crippen LogP contribution >= 0.6 is 11.3 Å². The number of thiazole rings is 1. The molecule has 1 heterocycles. The first-order chi connectivity index (χ1) is 11.3. The van der Waals surface area contributed by atoms with E-state index in [0.29, 0.717) is 0 Å². The Morgan fingerprint density at radius 3 is 2.39 bits per heavy atom. The number of fused-ring (bicyclic) bond motifs is 1. The van der Waals surface area contributed by atoms with Crippen LogP contribution in [0.25, 0.3) is 31.9 Å². The summed E-state index contributed by atoms with van der Waals surface area (Å²) in [6.45, 7) is 0. The fourth-order valence-electron chi connectivity index (χ4n) is 2.67. The molecule has 112 valence electrons. The molecule has 0 fully saturated rings. The molecule has 0 unspecified atom stereocenters. The Morgan fingerprint density at radius 2 is 1.61 bits per heavy atom. The summed E-state index contributed by atoms with van der Waals surface area (Å²) in [7, 11) is 1.70. The van der Waals surface area contributed by atoms with Crippen molar-refractivity contribution >= 4 is 21.6 Å². The van der Waals surface area contributed by atoms with Crippen LogP contribution in [0.1, 0.15) is 0 Å². The highest BCUT2D eigenvalue weighted by Gasteiger charge is 2.12. The van der Waals surface area contributed by atoms with Crippen LogP contribution < -0.4 is 4.74 Å². The van der Waals surface area contributed by atoms with Gasteiger partial charge in [-0.05, 0) is 35.4 Å². The van der Waals surface area contributed by atoms with Crippen molar-refractivity contribution in [3.63, 3.8) is 0 Å². The first-order valence-electron chi connectivity index (χ1n) is 7.44. The second kappa shape index (κ2) is 5.86. The molecular formula is C20H15NOS. The second-order valence-electron chi connectivity index (χ2n) is 5.27. The van der Waals surface area contributed by atoms with Gasteiger partial charge in [0.15, 0.2) is 0 Å². The van der Waals surface area contributed by atoms with Crippen molar-refractivity contribution in [1.29, 1.82) is 0 Å². The van der Waals surface area contributed by atoms with Gasteiger partial charge in [0.25, 0.3) is 0 Å². The highest BCUT2D eigenvalue weighted by Crippen LogP contribution is 2.38. The summed E-state index contributed by atoms with van der Waals surface area (Å²) in [5, 5.41) is 0.987. The summed E-state index contributed by atoms with van der Waals surface area (Å²) in [5.74, 6) is 0.851. The third-order valence-corrected chi connectivity index (χ3v) is 4.90. The molecule has 3 aromatic carbocycles. The summed E-state index contributed by atoms with van der Waals surface area (Å²) >= 11 is 1.69. The molecule has 0 radical (unpaired) electrons. The average molecular weight is 317 g/mol. The monoisotopic (exact) mass is 317 g/mol. The van der Waals surface area contributed by atoms with Gasteiger partial charge in [0.1, 0.15) is 10.8 Å². The van der Waals surface area contributed by atoms with Crippen molar-refractivity contribution in [1.82, 2.24) is 4.98 Å². The van der Waals surface area contributed by atoms with Gasteiger partial charge in [-0.15, -0.1) is 11.3 Å². The fraction of sp³-hybridized carbons (Fsp3) is 0.0500. The van der Waals surface area contributed by atoms with E-state index in [0.717, 1.165) is 21.8 Å². The molecular weight excluding hydrogens is 302 g/mol. The minimum absolute atomic E-state index is 0.851. The van der Waals surface area contributed by atoms with Crippen molar-refractivity contribution in [3.05, 3.63) is 72.8 Å². The van der Waals surface area contributed by atoms with Crippen LogP contribution in [-0.4, -0.2) is 12.1 Å². The molecule has 2 nitrogen and oxygen atoms in total. The summed E-state index contributed by atoms with van der Waals surface area (Å²) in [6, 6.07) is 24.8. The number of rotatable bonds is 3. The minimum atomic E-state index is 0.851. The molecule has 1 aromatic heterocycles. The van der Waals surface area contributed by atoms with Crippen LogP contribution in [-0.2, 0) is 0 Å². The summed E-state index contributed by atoms with van der Waals surface area (Å²) in [4.78, 5) is 4.76. The molecule has 0 saturated heterocycles. The van der Waals surface area contributed by atoms with Crippen LogP contribution in [0.4, 0.5) is 0 Å². The van der Waals surface area contributed by atoms with E-state index in [2.05, 4.69) is 42.5 Å². The normalized spacial score (nSPS) is 10.8. The third-order valence-electron chi connectivity index (χ3n) is 3.83. The Kier molecular flexibility index (Phi) is 3.56. The number of methoxy groups -OCH3 is 1. The first-order valence-corrected chi connectivity index (χ1v) is 8.26. The zero-order valence-corrected chi connectivity index (χ0v) is 13.5. The molecule has 4 aromatic rings. The standard InChI is InChI=1S/C20H15NOS/c1-22-18-12-11-15(14-7-3-2-4-8-14)13-16(18)20-21-17-9-5-6-10-19(17)23-20/h2-13H,1H3. The number of hydrogen-bond acceptors (Lipinski definition) is 3. The molecule has 0 amide bonds. The van der Waals surface area contributed by atoms with Gasteiger partial charge in [0, 0.05) is 0 Å². The molecule has 0 aliphatic rings. The van der Waals surface area contributed by atoms with Gasteiger partial charge in [-0.1, -0.05) is 48.5 Å². The molecule has 23 heavy (non-hydrogen) atoms. The number of aromatic nitrogens is 1. The van der Waals surface area contributed by atoms with Gasteiger partial charge in [0.05, 0.1) is 22.9 Å². The first kappa shape index (κ1) is 14.0. The lowest BCUT2D eigenvalue weighted by molar-refractivity contribution is 0.416. The van der Waals surface area contributed by atoms with Crippen molar-refractivity contribution in [2.45, 2.75) is 0 Å². The Bertz CT molecular complexity index is 927. The maximum Gasteiger partial charge on any atom is 0.129 e. The topological polar surface area (TPSA) is 22.1 Å². The molecule has 0 aliphatic heterocycles. The predicted octanol–water partition coefficient (Wildman–Crippen LogP) is 5.64. The van der Waals surface area contributed by atoms with E-state index in [1.54, 1.807) is 18.4 Å². The summed E-state index contributed by atoms with van der Waals surface area (Å²) < 4.78 is 6.74. The Labute approximate surface area is 139 Å². The lowest BCUT2D eigenvalue weighted by atomic mass is 10.0. The van der Waals surface area contributed by atoms with Gasteiger partial charge >= 0.3 is 0 Å². The summed E-state index contributed by atoms with van der Waals surface area (Å²) in [5.41, 5.74) is 4.42. The quantitative estimate of drug-likeness (QED) is 0.488. The van der Waals surface area contributed by atoms with E-state index in [4.69, 9.17) is 9.72 Å². The average Bonchev–Trinajstić information content (AvgIpc) is 3.06. The zero-order chi connectivity index (χ0) is 15.6. The van der Waals surface area contributed by atoms with E-state index in [9.17, 15) is 0 Å². The fourth-order valence-corrected chi connectivity index (χ4v) is 3.66. The van der Waals surface area contributed by atoms with E-state index in [1.807, 2.05) is 30.3 Å². The zero-order valence-electron chi connectivity index (χ0n) is 12.7. The van der Waals surface area contributed by atoms with E-state index in [-0.39, 0.29) is 0 Å². The van der Waals surface area contributed by atoms with E-state index >= 15 is 0 Å². The SMILES string of the molecule is COc1ccc(-c2ccccc2)cc1-c1nc2ccccc2s1. The third kappa shape index (κ3) is 2.60. The molecule has 4 rings (SSSR count). The van der Waals surface area contributed by atoms with Gasteiger partial charge in [-0.3, -0.25) is 0 Å². The maximum atomic E-state index is 5.55. The van der Waals surface area contributed by atoms with E-state index < -0.39 is 0 Å². The lowest BCUT2D eigenvalue weighted by Gasteiger charge is -2.09. The second-order valence-corrected chi connectivity index (χ2v) is 6.30. The van der Waals surface area contributed by atoms with Crippen LogP contribution in [0.2, 0.25) is 0 Å². The van der Waals surface area contributed by atoms with Gasteiger partial charge < -0.3 is 4.74 Å². The van der Waals surface area contributed by atoms with E-state index in [1.165, 1.54) is 15.8 Å². The Balaban J connectivity index is 1.89. The molecule has 0 saturated carbocycles. The van der Waals surface area contributed by atoms with Crippen molar-refractivity contribution in [2.24, 2.45) is 0 Å². The van der Waals surface area contributed by atoms with Gasteiger partial charge in [0.2, 0.25) is 0 Å². The van der Waals surface area contributed by atoms with Crippen LogP contribution in [0, 0.1) is 0 Å². The number of nitrogens with zero attached hydrogens (tertiary/aromatic N) is 1. The highest BCUT2D eigenvalue weighted by molar-refractivity contribution is 7.21. The molecule has 0 aliphatic carbocycles. The van der Waals surface area contributed by atoms with Crippen LogP contribution in [0.15, 0.2) is 72.8 Å². The van der Waals surface area contributed by atoms with Gasteiger partial charge in [-0.2, -0.15) is 0 Å². The van der Waals surface area contributed by atoms with Crippen molar-refractivity contribution in [2.75, 3.05) is 7.11 Å². The maximum absolute atomic E-state index is 5.55. The van der Waals surface area contributed by atoms with Crippen molar-refractivity contribution < 1.29 is 4.74 Å². The molecule has 0 bridgehead atoms. The number of hydrogen-bond donors (Lipinski definition) is 0. The molecule has 0 N–H and O–H groups in total. The minimum Gasteiger partial charge on any atom is -0.496 e. The van der Waals surface area contributed by atoms with Crippen molar-refractivity contribution in [3.8, 4) is 27.4 Å². The highest BCUT2D eigenvalue weighted by atomic mass is 32.1.